The van der Waals surface area contributed by atoms with Crippen LogP contribution in [0.5, 0.6) is 0 Å². The largest absolute Gasteiger partial charge is 0.467 e. The zero-order valence-corrected chi connectivity index (χ0v) is 13.5. The van der Waals surface area contributed by atoms with Crippen LogP contribution in [-0.4, -0.2) is 24.0 Å². The van der Waals surface area contributed by atoms with Crippen LogP contribution < -0.4 is 16.0 Å². The lowest BCUT2D eigenvalue weighted by Crippen LogP contribution is -2.48. The second kappa shape index (κ2) is 7.21. The molecule has 0 aliphatic heterocycles. The van der Waals surface area contributed by atoms with Gasteiger partial charge in [0.25, 0.3) is 0 Å². The number of furan rings is 1. The molecule has 0 spiro atoms. The Kier molecular flexibility index (Phi) is 4.84. The van der Waals surface area contributed by atoms with Crippen LogP contribution in [0.4, 0.5) is 4.79 Å². The average Bonchev–Trinajstić information content (AvgIpc) is 3.14. The number of benzene rings is 1. The highest BCUT2D eigenvalue weighted by molar-refractivity contribution is 5.86. The summed E-state index contributed by atoms with van der Waals surface area (Å²) in [6.45, 7) is 1.96. The minimum atomic E-state index is -0.617. The maximum Gasteiger partial charge on any atom is 0.315 e. The summed E-state index contributed by atoms with van der Waals surface area (Å²) >= 11 is 0. The fourth-order valence-corrected chi connectivity index (χ4v) is 2.64. The van der Waals surface area contributed by atoms with Crippen LogP contribution in [0, 0.1) is 0 Å². The van der Waals surface area contributed by atoms with Gasteiger partial charge in [0, 0.05) is 12.0 Å². The summed E-state index contributed by atoms with van der Waals surface area (Å²) in [4.78, 5) is 24.0. The molecule has 126 valence electrons. The van der Waals surface area contributed by atoms with Crippen LogP contribution in [-0.2, 0) is 11.3 Å². The molecule has 3 rings (SSSR count). The van der Waals surface area contributed by atoms with Crippen LogP contribution in [0.1, 0.15) is 30.6 Å². The smallest absolute Gasteiger partial charge is 0.315 e. The molecule has 1 fully saturated rings. The van der Waals surface area contributed by atoms with Crippen molar-refractivity contribution in [1.82, 2.24) is 16.0 Å². The van der Waals surface area contributed by atoms with E-state index in [1.165, 1.54) is 5.56 Å². The molecule has 2 aromatic rings. The number of hydrogen-bond donors (Lipinski definition) is 3. The Morgan fingerprint density at radius 1 is 1.21 bits per heavy atom. The van der Waals surface area contributed by atoms with E-state index in [1.807, 2.05) is 18.2 Å². The normalized spacial score (nSPS) is 20.0. The highest BCUT2D eigenvalue weighted by Gasteiger charge is 2.39. The minimum absolute atomic E-state index is 0.130. The Morgan fingerprint density at radius 2 is 2.00 bits per heavy atom. The lowest BCUT2D eigenvalue weighted by atomic mass is 10.1. The maximum absolute atomic E-state index is 12.0. The summed E-state index contributed by atoms with van der Waals surface area (Å²) in [6, 6.07) is 12.8. The SMILES string of the molecule is C[C@H](NC(=O)N[C@H]1C[C@@H]1c1ccccc1)C(=O)NCc1ccco1. The number of carbonyl (C=O) groups excluding carboxylic acids is 2. The molecule has 1 saturated carbocycles. The van der Waals surface area contributed by atoms with Crippen LogP contribution in [0.15, 0.2) is 53.1 Å². The summed E-state index contributed by atoms with van der Waals surface area (Å²) in [5.74, 6) is 0.778. The third-order valence-corrected chi connectivity index (χ3v) is 4.09. The van der Waals surface area contributed by atoms with Gasteiger partial charge in [-0.1, -0.05) is 30.3 Å². The molecule has 24 heavy (non-hydrogen) atoms. The summed E-state index contributed by atoms with van der Waals surface area (Å²) in [6.07, 6.45) is 2.48. The van der Waals surface area contributed by atoms with E-state index in [4.69, 9.17) is 4.42 Å². The van der Waals surface area contributed by atoms with Gasteiger partial charge in [-0.05, 0) is 31.0 Å². The standard InChI is InChI=1S/C18H21N3O3/c1-12(17(22)19-11-14-8-5-9-24-14)20-18(23)21-16-10-15(16)13-6-3-2-4-7-13/h2-9,12,15-16H,10-11H2,1H3,(H,19,22)(H2,20,21,23)/t12-,15+,16-/m0/s1. The van der Waals surface area contributed by atoms with E-state index < -0.39 is 6.04 Å². The van der Waals surface area contributed by atoms with Gasteiger partial charge in [-0.25, -0.2) is 4.79 Å². The number of amides is 3. The zero-order valence-electron chi connectivity index (χ0n) is 13.5. The van der Waals surface area contributed by atoms with Crippen molar-refractivity contribution in [3.8, 4) is 0 Å². The molecule has 6 nitrogen and oxygen atoms in total. The van der Waals surface area contributed by atoms with Crippen molar-refractivity contribution in [2.24, 2.45) is 0 Å². The van der Waals surface area contributed by atoms with Gasteiger partial charge in [-0.2, -0.15) is 0 Å². The third-order valence-electron chi connectivity index (χ3n) is 4.09. The van der Waals surface area contributed by atoms with Crippen molar-refractivity contribution < 1.29 is 14.0 Å². The van der Waals surface area contributed by atoms with Crippen molar-refractivity contribution in [2.45, 2.75) is 37.9 Å². The highest BCUT2D eigenvalue weighted by atomic mass is 16.3. The second-order valence-electron chi connectivity index (χ2n) is 6.00. The fourth-order valence-electron chi connectivity index (χ4n) is 2.64. The van der Waals surface area contributed by atoms with Gasteiger partial charge in [0.05, 0.1) is 12.8 Å². The number of nitrogens with one attached hydrogen (secondary N) is 3. The highest BCUT2D eigenvalue weighted by Crippen LogP contribution is 2.40. The molecule has 1 aromatic heterocycles. The lowest BCUT2D eigenvalue weighted by Gasteiger charge is -2.14. The van der Waals surface area contributed by atoms with Crippen LogP contribution in [0.2, 0.25) is 0 Å². The van der Waals surface area contributed by atoms with Crippen molar-refractivity contribution in [3.63, 3.8) is 0 Å². The Balaban J connectivity index is 1.39. The van der Waals surface area contributed by atoms with E-state index >= 15 is 0 Å². The van der Waals surface area contributed by atoms with Crippen LogP contribution in [0.3, 0.4) is 0 Å². The second-order valence-corrected chi connectivity index (χ2v) is 6.00. The number of urea groups is 1. The van der Waals surface area contributed by atoms with Gasteiger partial charge >= 0.3 is 6.03 Å². The third kappa shape index (κ3) is 4.16. The summed E-state index contributed by atoms with van der Waals surface area (Å²) in [7, 11) is 0. The van der Waals surface area contributed by atoms with E-state index in [-0.39, 0.29) is 18.0 Å². The molecular weight excluding hydrogens is 306 g/mol. The molecule has 1 aliphatic rings. The van der Waals surface area contributed by atoms with Crippen molar-refractivity contribution in [3.05, 3.63) is 60.1 Å². The van der Waals surface area contributed by atoms with Gasteiger partial charge in [-0.15, -0.1) is 0 Å². The molecule has 0 saturated heterocycles. The van der Waals surface area contributed by atoms with Gasteiger partial charge in [0.1, 0.15) is 11.8 Å². The van der Waals surface area contributed by atoms with Crippen molar-refractivity contribution in [1.29, 1.82) is 0 Å². The summed E-state index contributed by atoms with van der Waals surface area (Å²) < 4.78 is 5.15. The lowest BCUT2D eigenvalue weighted by molar-refractivity contribution is -0.122. The topological polar surface area (TPSA) is 83.4 Å². The predicted molar refractivity (Wildman–Crippen MR) is 89.3 cm³/mol. The Morgan fingerprint density at radius 3 is 2.71 bits per heavy atom. The van der Waals surface area contributed by atoms with E-state index in [2.05, 4.69) is 28.1 Å². The first kappa shape index (κ1) is 16.1. The van der Waals surface area contributed by atoms with Crippen molar-refractivity contribution in [2.75, 3.05) is 0 Å². The molecule has 3 atom stereocenters. The molecule has 6 heteroatoms. The number of carbonyl (C=O) groups is 2. The fraction of sp³-hybridized carbons (Fsp3) is 0.333. The van der Waals surface area contributed by atoms with Gasteiger partial charge in [0.15, 0.2) is 0 Å². The first-order valence-corrected chi connectivity index (χ1v) is 8.05. The molecule has 3 amide bonds. The maximum atomic E-state index is 12.0. The average molecular weight is 327 g/mol. The van der Waals surface area contributed by atoms with E-state index in [1.54, 1.807) is 25.3 Å². The molecule has 3 N–H and O–H groups in total. The molecule has 1 heterocycles. The van der Waals surface area contributed by atoms with Gasteiger partial charge in [-0.3, -0.25) is 4.79 Å². The predicted octanol–water partition coefficient (Wildman–Crippen LogP) is 2.14. The monoisotopic (exact) mass is 327 g/mol. The van der Waals surface area contributed by atoms with E-state index in [0.29, 0.717) is 18.2 Å². The molecule has 0 bridgehead atoms. The summed E-state index contributed by atoms with van der Waals surface area (Å²) in [5.41, 5.74) is 1.23. The number of rotatable bonds is 6. The first-order chi connectivity index (χ1) is 11.6. The Bertz CT molecular complexity index is 685. The van der Waals surface area contributed by atoms with Crippen LogP contribution >= 0.6 is 0 Å². The minimum Gasteiger partial charge on any atom is -0.467 e. The van der Waals surface area contributed by atoms with E-state index in [0.717, 1.165) is 6.42 Å². The molecular formula is C18H21N3O3. The molecule has 0 radical (unpaired) electrons. The van der Waals surface area contributed by atoms with Crippen LogP contribution in [0.25, 0.3) is 0 Å². The number of hydrogen-bond acceptors (Lipinski definition) is 3. The quantitative estimate of drug-likeness (QED) is 0.760. The molecule has 0 unspecified atom stereocenters. The Hall–Kier alpha value is -2.76. The van der Waals surface area contributed by atoms with Crippen molar-refractivity contribution >= 4 is 11.9 Å². The molecule has 1 aromatic carbocycles. The Labute approximate surface area is 140 Å². The van der Waals surface area contributed by atoms with E-state index in [9.17, 15) is 9.59 Å². The first-order valence-electron chi connectivity index (χ1n) is 8.05. The van der Waals surface area contributed by atoms with Gasteiger partial charge < -0.3 is 20.4 Å². The van der Waals surface area contributed by atoms with Gasteiger partial charge in [0.2, 0.25) is 5.91 Å². The molecule has 1 aliphatic carbocycles. The summed E-state index contributed by atoms with van der Waals surface area (Å²) in [5, 5.41) is 8.29. The zero-order chi connectivity index (χ0) is 16.9.